The highest BCUT2D eigenvalue weighted by Gasteiger charge is 2.32. The molecule has 0 aromatic carbocycles. The second kappa shape index (κ2) is 3.62. The van der Waals surface area contributed by atoms with Gasteiger partial charge in [-0.2, -0.15) is 18.3 Å². The fourth-order valence-electron chi connectivity index (χ4n) is 1.25. The first-order valence-corrected chi connectivity index (χ1v) is 4.54. The summed E-state index contributed by atoms with van der Waals surface area (Å²) in [6, 6.07) is 5.41. The quantitative estimate of drug-likeness (QED) is 0.749. The van der Waals surface area contributed by atoms with E-state index in [1.165, 1.54) is 16.8 Å². The predicted octanol–water partition coefficient (Wildman–Crippen LogP) is 2.59. The molecule has 0 aliphatic rings. The molecule has 0 unspecified atom stereocenters. The van der Waals surface area contributed by atoms with Gasteiger partial charge >= 0.3 is 6.18 Å². The maximum absolute atomic E-state index is 12.4. The van der Waals surface area contributed by atoms with Gasteiger partial charge in [-0.05, 0) is 25.1 Å². The fraction of sp³-hybridized carbons (Fsp3) is 0.200. The van der Waals surface area contributed by atoms with Crippen molar-refractivity contribution in [2.75, 3.05) is 0 Å². The van der Waals surface area contributed by atoms with Gasteiger partial charge < -0.3 is 0 Å². The number of nitrogens with zero attached hydrogens (tertiary/aromatic N) is 3. The molecule has 2 aromatic heterocycles. The highest BCUT2D eigenvalue weighted by molar-refractivity contribution is 5.25. The molecule has 0 radical (unpaired) electrons. The fourth-order valence-corrected chi connectivity index (χ4v) is 1.25. The molecular formula is C10H8F3N3. The topological polar surface area (TPSA) is 30.7 Å². The lowest BCUT2D eigenvalue weighted by atomic mass is 10.3. The third kappa shape index (κ3) is 2.05. The van der Waals surface area contributed by atoms with Crippen LogP contribution in [0.3, 0.4) is 0 Å². The zero-order chi connectivity index (χ0) is 11.8. The van der Waals surface area contributed by atoms with Gasteiger partial charge in [0.15, 0.2) is 5.82 Å². The van der Waals surface area contributed by atoms with Crippen molar-refractivity contribution in [3.63, 3.8) is 0 Å². The Labute approximate surface area is 89.5 Å². The summed E-state index contributed by atoms with van der Waals surface area (Å²) in [6.45, 7) is 1.75. The summed E-state index contributed by atoms with van der Waals surface area (Å²) >= 11 is 0. The maximum Gasteiger partial charge on any atom is 0.433 e. The first-order chi connectivity index (χ1) is 7.47. The second-order valence-electron chi connectivity index (χ2n) is 3.28. The van der Waals surface area contributed by atoms with E-state index in [0.29, 0.717) is 0 Å². The van der Waals surface area contributed by atoms with E-state index in [1.807, 2.05) is 0 Å². The van der Waals surface area contributed by atoms with Crippen LogP contribution in [0.25, 0.3) is 5.82 Å². The van der Waals surface area contributed by atoms with Crippen molar-refractivity contribution in [2.24, 2.45) is 0 Å². The van der Waals surface area contributed by atoms with Crippen LogP contribution in [0.2, 0.25) is 0 Å². The second-order valence-corrected chi connectivity index (χ2v) is 3.28. The molecule has 2 heterocycles. The maximum atomic E-state index is 12.4. The zero-order valence-electron chi connectivity index (χ0n) is 8.36. The summed E-state index contributed by atoms with van der Waals surface area (Å²) in [5, 5.41) is 3.99. The number of rotatable bonds is 1. The largest absolute Gasteiger partial charge is 0.433 e. The number of pyridine rings is 1. The Morgan fingerprint density at radius 2 is 1.94 bits per heavy atom. The molecule has 0 spiro atoms. The molecule has 0 aliphatic carbocycles. The monoisotopic (exact) mass is 227 g/mol. The number of halogens is 3. The molecule has 0 bridgehead atoms. The third-order valence-corrected chi connectivity index (χ3v) is 1.98. The first-order valence-electron chi connectivity index (χ1n) is 4.54. The number of aryl methyl sites for hydroxylation is 1. The highest BCUT2D eigenvalue weighted by Crippen LogP contribution is 2.27. The Morgan fingerprint density at radius 3 is 2.50 bits per heavy atom. The van der Waals surface area contributed by atoms with Gasteiger partial charge in [0, 0.05) is 6.20 Å². The predicted molar refractivity (Wildman–Crippen MR) is 51.1 cm³/mol. The average Bonchev–Trinajstić information content (AvgIpc) is 2.64. The van der Waals surface area contributed by atoms with Gasteiger partial charge in [0.25, 0.3) is 0 Å². The molecule has 0 saturated carbocycles. The molecule has 16 heavy (non-hydrogen) atoms. The van der Waals surface area contributed by atoms with Crippen LogP contribution in [-0.4, -0.2) is 14.8 Å². The van der Waals surface area contributed by atoms with Crippen LogP contribution in [0.1, 0.15) is 11.4 Å². The number of aromatic nitrogens is 3. The lowest BCUT2D eigenvalue weighted by Gasteiger charge is -2.07. The molecule has 0 fully saturated rings. The van der Waals surface area contributed by atoms with Gasteiger partial charge in [0.1, 0.15) is 5.69 Å². The van der Waals surface area contributed by atoms with Crippen molar-refractivity contribution in [1.29, 1.82) is 0 Å². The summed E-state index contributed by atoms with van der Waals surface area (Å²) in [7, 11) is 0. The van der Waals surface area contributed by atoms with Crippen LogP contribution in [-0.2, 0) is 6.18 Å². The summed E-state index contributed by atoms with van der Waals surface area (Å²) in [5.41, 5.74) is -0.197. The summed E-state index contributed by atoms with van der Waals surface area (Å²) in [4.78, 5) is 3.50. The van der Waals surface area contributed by atoms with Gasteiger partial charge in [-0.1, -0.05) is 6.07 Å². The molecule has 84 valence electrons. The third-order valence-electron chi connectivity index (χ3n) is 1.98. The molecule has 2 aromatic rings. The van der Waals surface area contributed by atoms with Gasteiger partial charge in [0.2, 0.25) is 0 Å². The van der Waals surface area contributed by atoms with E-state index in [2.05, 4.69) is 10.1 Å². The van der Waals surface area contributed by atoms with Crippen molar-refractivity contribution in [1.82, 2.24) is 14.8 Å². The van der Waals surface area contributed by atoms with Gasteiger partial charge in [0.05, 0.1) is 5.69 Å². The van der Waals surface area contributed by atoms with Crippen LogP contribution in [0.15, 0.2) is 30.5 Å². The highest BCUT2D eigenvalue weighted by atomic mass is 19.4. The Bertz CT molecular complexity index is 502. The van der Waals surface area contributed by atoms with Crippen molar-refractivity contribution >= 4 is 0 Å². The normalized spacial score (nSPS) is 11.8. The van der Waals surface area contributed by atoms with Crippen LogP contribution >= 0.6 is 0 Å². The molecule has 0 amide bonds. The molecule has 0 aliphatic heterocycles. The molecule has 0 saturated heterocycles. The van der Waals surface area contributed by atoms with E-state index in [-0.39, 0.29) is 5.82 Å². The van der Waals surface area contributed by atoms with Crippen molar-refractivity contribution < 1.29 is 13.2 Å². The van der Waals surface area contributed by atoms with Crippen LogP contribution < -0.4 is 0 Å². The molecule has 0 atom stereocenters. The summed E-state index contributed by atoms with van der Waals surface area (Å²) < 4.78 is 38.5. The van der Waals surface area contributed by atoms with E-state index in [1.54, 1.807) is 19.2 Å². The Balaban J connectivity index is 2.44. The molecule has 2 rings (SSSR count). The van der Waals surface area contributed by atoms with Gasteiger partial charge in [-0.3, -0.25) is 0 Å². The summed E-state index contributed by atoms with van der Waals surface area (Å²) in [6.07, 6.45) is -2.87. The molecule has 3 nitrogen and oxygen atoms in total. The SMILES string of the molecule is Cc1ccn(-c2cccc(C(F)(F)F)n2)n1. The van der Waals surface area contributed by atoms with E-state index >= 15 is 0 Å². The standard InChI is InChI=1S/C10H8F3N3/c1-7-5-6-16(15-7)9-4-2-3-8(14-9)10(11,12)13/h2-6H,1H3. The van der Waals surface area contributed by atoms with Gasteiger partial charge in [-0.15, -0.1) is 0 Å². The van der Waals surface area contributed by atoms with Crippen molar-refractivity contribution in [3.05, 3.63) is 41.9 Å². The van der Waals surface area contributed by atoms with Crippen LogP contribution in [0.5, 0.6) is 0 Å². The Hall–Kier alpha value is -1.85. The first kappa shape index (κ1) is 10.7. The van der Waals surface area contributed by atoms with Crippen molar-refractivity contribution in [2.45, 2.75) is 13.1 Å². The van der Waals surface area contributed by atoms with Crippen LogP contribution in [0.4, 0.5) is 13.2 Å². The average molecular weight is 227 g/mol. The summed E-state index contributed by atoms with van der Waals surface area (Å²) in [5.74, 6) is 0.155. The molecule has 0 N–H and O–H groups in total. The number of hydrogen-bond donors (Lipinski definition) is 0. The minimum absolute atomic E-state index is 0.155. The van der Waals surface area contributed by atoms with E-state index < -0.39 is 11.9 Å². The molecule has 6 heteroatoms. The Kier molecular flexibility index (Phi) is 2.41. The van der Waals surface area contributed by atoms with Gasteiger partial charge in [-0.25, -0.2) is 9.67 Å². The van der Waals surface area contributed by atoms with Crippen LogP contribution in [0, 0.1) is 6.92 Å². The lowest BCUT2D eigenvalue weighted by Crippen LogP contribution is -2.10. The van der Waals surface area contributed by atoms with E-state index in [9.17, 15) is 13.2 Å². The smallest absolute Gasteiger partial charge is 0.224 e. The van der Waals surface area contributed by atoms with E-state index in [0.717, 1.165) is 11.8 Å². The lowest BCUT2D eigenvalue weighted by molar-refractivity contribution is -0.141. The number of alkyl halides is 3. The molecular weight excluding hydrogens is 219 g/mol. The van der Waals surface area contributed by atoms with Crippen molar-refractivity contribution in [3.8, 4) is 5.82 Å². The minimum Gasteiger partial charge on any atom is -0.224 e. The number of hydrogen-bond acceptors (Lipinski definition) is 2. The van der Waals surface area contributed by atoms with E-state index in [4.69, 9.17) is 0 Å². The zero-order valence-corrected chi connectivity index (χ0v) is 8.36. The minimum atomic E-state index is -4.43. The Morgan fingerprint density at radius 1 is 1.19 bits per heavy atom.